The van der Waals surface area contributed by atoms with Crippen LogP contribution in [0.1, 0.15) is 11.1 Å². The summed E-state index contributed by atoms with van der Waals surface area (Å²) in [4.78, 5) is 0.120. The zero-order chi connectivity index (χ0) is 23.8. The van der Waals surface area contributed by atoms with Crippen LogP contribution in [0.25, 0.3) is 10.9 Å². The Hall–Kier alpha value is -2.86. The maximum atomic E-state index is 13.1. The van der Waals surface area contributed by atoms with Gasteiger partial charge < -0.3 is 19.7 Å². The van der Waals surface area contributed by atoms with Crippen LogP contribution in [0.2, 0.25) is 0 Å². The number of aromatic nitrogens is 1. The highest BCUT2D eigenvalue weighted by Crippen LogP contribution is 2.39. The van der Waals surface area contributed by atoms with Crippen LogP contribution >= 0.6 is 12.2 Å². The summed E-state index contributed by atoms with van der Waals surface area (Å²) in [6.45, 7) is 5.28. The molecule has 33 heavy (non-hydrogen) atoms. The monoisotopic (exact) mass is 487 g/mol. The Kier molecular flexibility index (Phi) is 6.48. The van der Waals surface area contributed by atoms with E-state index in [2.05, 4.69) is 15.5 Å². The largest absolute Gasteiger partial charge is 0.493 e. The summed E-state index contributed by atoms with van der Waals surface area (Å²) in [5, 5.41) is 22.4. The van der Waals surface area contributed by atoms with Crippen molar-refractivity contribution in [1.82, 2.24) is 8.87 Å². The number of morpholine rings is 1. The average Bonchev–Trinajstić information content (AvgIpc) is 3.01. The van der Waals surface area contributed by atoms with Gasteiger partial charge in [0, 0.05) is 31.2 Å². The minimum Gasteiger partial charge on any atom is -0.493 e. The van der Waals surface area contributed by atoms with Crippen LogP contribution in [0.4, 0.5) is 11.4 Å². The first kappa shape index (κ1) is 23.3. The number of anilines is 1. The van der Waals surface area contributed by atoms with Crippen molar-refractivity contribution in [1.29, 1.82) is 0 Å². The second kappa shape index (κ2) is 9.18. The van der Waals surface area contributed by atoms with Crippen molar-refractivity contribution in [3.63, 3.8) is 0 Å². The highest BCUT2D eigenvalue weighted by Gasteiger charge is 2.27. The Morgan fingerprint density at radius 3 is 2.45 bits per heavy atom. The van der Waals surface area contributed by atoms with E-state index in [1.54, 1.807) is 13.1 Å². The molecule has 1 saturated heterocycles. The summed E-state index contributed by atoms with van der Waals surface area (Å²) in [6.07, 6.45) is 0. The van der Waals surface area contributed by atoms with Gasteiger partial charge in [0.15, 0.2) is 5.69 Å². The summed E-state index contributed by atoms with van der Waals surface area (Å²) >= 11 is 5.29. The summed E-state index contributed by atoms with van der Waals surface area (Å²) in [5.41, 5.74) is 3.72. The standard InChI is InChI=1S/C22H25N5O4S2/c1-14-10-15(2)12-16(11-14)23-22(32)25-24-20-18-13-17(4-5-19(18)26(3)21(20)28)33(29,30)27-6-8-31-9-7-27/h4-5,10-13,28H,6-9H2,1-3H3,(H,23,32). The highest BCUT2D eigenvalue weighted by atomic mass is 32.2. The SMILES string of the molecule is Cc1cc(C)cc(NC(=S)N=Nc2c(O)n(C)c3ccc(S(=O)(=O)N4CCOCC4)cc23)c1. The maximum absolute atomic E-state index is 13.1. The third-order valence-corrected chi connectivity index (χ3v) is 7.51. The lowest BCUT2D eigenvalue weighted by atomic mass is 10.1. The Labute approximate surface area is 197 Å². The molecule has 0 atom stereocenters. The van der Waals surface area contributed by atoms with Crippen LogP contribution in [0.15, 0.2) is 51.5 Å². The molecule has 0 saturated carbocycles. The van der Waals surface area contributed by atoms with Crippen LogP contribution < -0.4 is 5.32 Å². The Morgan fingerprint density at radius 2 is 1.79 bits per heavy atom. The number of hydrogen-bond acceptors (Lipinski definition) is 6. The first-order valence-corrected chi connectivity index (χ1v) is 12.2. The van der Waals surface area contributed by atoms with E-state index in [1.165, 1.54) is 21.0 Å². The van der Waals surface area contributed by atoms with Crippen molar-refractivity contribution in [3.8, 4) is 5.88 Å². The molecule has 11 heteroatoms. The number of hydrogen-bond donors (Lipinski definition) is 2. The van der Waals surface area contributed by atoms with E-state index in [-0.39, 0.29) is 21.6 Å². The third kappa shape index (κ3) is 4.76. The number of thiocarbonyl (C=S) groups is 1. The number of nitrogens with one attached hydrogen (secondary N) is 1. The molecule has 2 N–H and O–H groups in total. The van der Waals surface area contributed by atoms with Crippen LogP contribution in [0, 0.1) is 13.8 Å². The highest BCUT2D eigenvalue weighted by molar-refractivity contribution is 7.89. The number of aryl methyl sites for hydroxylation is 3. The molecule has 0 aliphatic carbocycles. The first-order chi connectivity index (χ1) is 15.7. The van der Waals surface area contributed by atoms with E-state index < -0.39 is 10.0 Å². The second-order valence-corrected chi connectivity index (χ2v) is 10.3. The van der Waals surface area contributed by atoms with Crippen LogP contribution in [0.5, 0.6) is 5.88 Å². The number of sulfonamides is 1. The lowest BCUT2D eigenvalue weighted by Gasteiger charge is -2.26. The van der Waals surface area contributed by atoms with Gasteiger partial charge in [0.2, 0.25) is 21.0 Å². The molecule has 1 aromatic heterocycles. The molecular formula is C22H25N5O4S2. The third-order valence-electron chi connectivity index (χ3n) is 5.44. The zero-order valence-electron chi connectivity index (χ0n) is 18.6. The molecule has 3 aromatic rings. The predicted octanol–water partition coefficient (Wildman–Crippen LogP) is 4.00. The Morgan fingerprint density at radius 1 is 1.12 bits per heavy atom. The van der Waals surface area contributed by atoms with Gasteiger partial charge in [-0.2, -0.15) is 4.31 Å². The van der Waals surface area contributed by atoms with Gasteiger partial charge in [0.25, 0.3) is 0 Å². The molecule has 4 rings (SSSR count). The van der Waals surface area contributed by atoms with E-state index >= 15 is 0 Å². The summed E-state index contributed by atoms with van der Waals surface area (Å²) in [6, 6.07) is 10.6. The number of nitrogens with zero attached hydrogens (tertiary/aromatic N) is 4. The molecule has 9 nitrogen and oxygen atoms in total. The Bertz CT molecular complexity index is 1340. The molecule has 2 aromatic carbocycles. The van der Waals surface area contributed by atoms with Crippen LogP contribution in [-0.4, -0.2) is 53.8 Å². The minimum atomic E-state index is -3.70. The summed E-state index contributed by atoms with van der Waals surface area (Å²) < 4.78 is 34.3. The fourth-order valence-corrected chi connectivity index (χ4v) is 5.47. The van der Waals surface area contributed by atoms with Gasteiger partial charge in [-0.3, -0.25) is 0 Å². The normalized spacial score (nSPS) is 15.4. The van der Waals surface area contributed by atoms with Gasteiger partial charge >= 0.3 is 0 Å². The van der Waals surface area contributed by atoms with Crippen molar-refractivity contribution in [2.75, 3.05) is 31.6 Å². The van der Waals surface area contributed by atoms with Crippen molar-refractivity contribution in [3.05, 3.63) is 47.5 Å². The lowest BCUT2D eigenvalue weighted by Crippen LogP contribution is -2.40. The van der Waals surface area contributed by atoms with Crippen molar-refractivity contribution in [2.24, 2.45) is 17.3 Å². The van der Waals surface area contributed by atoms with Gasteiger partial charge in [-0.15, -0.1) is 10.2 Å². The fourth-order valence-electron chi connectivity index (χ4n) is 3.88. The Balaban J connectivity index is 1.66. The molecule has 0 radical (unpaired) electrons. The van der Waals surface area contributed by atoms with Gasteiger partial charge in [-0.05, 0) is 67.5 Å². The van der Waals surface area contributed by atoms with E-state index in [0.29, 0.717) is 37.2 Å². The van der Waals surface area contributed by atoms with E-state index in [4.69, 9.17) is 17.0 Å². The number of benzene rings is 2. The van der Waals surface area contributed by atoms with Crippen molar-refractivity contribution < 1.29 is 18.3 Å². The smallest absolute Gasteiger partial charge is 0.243 e. The number of rotatable bonds is 4. The van der Waals surface area contributed by atoms with E-state index in [9.17, 15) is 13.5 Å². The molecule has 174 valence electrons. The summed E-state index contributed by atoms with van der Waals surface area (Å²) in [7, 11) is -2.04. The molecule has 1 aliphatic heterocycles. The van der Waals surface area contributed by atoms with Gasteiger partial charge in [-0.1, -0.05) is 6.07 Å². The summed E-state index contributed by atoms with van der Waals surface area (Å²) in [5.74, 6) is -0.135. The van der Waals surface area contributed by atoms with Gasteiger partial charge in [0.05, 0.1) is 23.6 Å². The first-order valence-electron chi connectivity index (χ1n) is 10.4. The van der Waals surface area contributed by atoms with E-state index in [0.717, 1.165) is 16.8 Å². The molecular weight excluding hydrogens is 462 g/mol. The van der Waals surface area contributed by atoms with Gasteiger partial charge in [-0.25, -0.2) is 8.42 Å². The number of ether oxygens (including phenoxy) is 1. The maximum Gasteiger partial charge on any atom is 0.243 e. The molecule has 2 heterocycles. The number of azo groups is 1. The van der Waals surface area contributed by atoms with Crippen LogP contribution in [-0.2, 0) is 21.8 Å². The van der Waals surface area contributed by atoms with Crippen molar-refractivity contribution >= 4 is 49.6 Å². The molecule has 1 aliphatic rings. The van der Waals surface area contributed by atoms with Crippen LogP contribution in [0.3, 0.4) is 0 Å². The fraction of sp³-hybridized carbons (Fsp3) is 0.318. The van der Waals surface area contributed by atoms with E-state index in [1.807, 2.05) is 32.0 Å². The zero-order valence-corrected chi connectivity index (χ0v) is 20.2. The van der Waals surface area contributed by atoms with Crippen molar-refractivity contribution in [2.45, 2.75) is 18.7 Å². The molecule has 0 unspecified atom stereocenters. The molecule has 0 amide bonds. The van der Waals surface area contributed by atoms with Gasteiger partial charge in [0.1, 0.15) is 0 Å². The number of aromatic hydroxyl groups is 1. The average molecular weight is 488 g/mol. The lowest BCUT2D eigenvalue weighted by molar-refractivity contribution is 0.0730. The quantitative estimate of drug-likeness (QED) is 0.425. The molecule has 0 spiro atoms. The minimum absolute atomic E-state index is 0.119. The number of fused-ring (bicyclic) bond motifs is 1. The molecule has 0 bridgehead atoms. The molecule has 1 fully saturated rings. The second-order valence-electron chi connectivity index (χ2n) is 7.93. The topological polar surface area (TPSA) is 109 Å². The predicted molar refractivity (Wildman–Crippen MR) is 131 cm³/mol.